The third kappa shape index (κ3) is 4.28. The fourth-order valence-corrected chi connectivity index (χ4v) is 4.85. The van der Waals surface area contributed by atoms with Crippen molar-refractivity contribution in [3.63, 3.8) is 0 Å². The van der Waals surface area contributed by atoms with Gasteiger partial charge in [-0.2, -0.15) is 5.10 Å². The number of aromatic amines is 1. The first-order valence-electron chi connectivity index (χ1n) is 10.2. The molecule has 2 heterocycles. The Bertz CT molecular complexity index is 570. The van der Waals surface area contributed by atoms with Gasteiger partial charge in [0.25, 0.3) is 0 Å². The first kappa shape index (κ1) is 18.9. The number of unbranched alkanes of at least 4 members (excludes halogenated alkanes) is 1. The highest BCUT2D eigenvalue weighted by molar-refractivity contribution is 5.28. The third-order valence-corrected chi connectivity index (χ3v) is 6.28. The second-order valence-corrected chi connectivity index (χ2v) is 9.39. The predicted octanol–water partition coefficient (Wildman–Crippen LogP) is 4.79. The van der Waals surface area contributed by atoms with Crippen LogP contribution in [0.5, 0.6) is 0 Å². The van der Waals surface area contributed by atoms with Gasteiger partial charge < -0.3 is 9.64 Å². The number of hydrogen-bond acceptors (Lipinski definition) is 3. The maximum absolute atomic E-state index is 6.29. The highest BCUT2D eigenvalue weighted by Crippen LogP contribution is 2.50. The Hall–Kier alpha value is -0.870. The SMILES string of the molecule is CCCCN(C)Cc1c(C2CCC3(CC2)CC(C)(C)CO3)n[nH]c1C. The zero-order valence-corrected chi connectivity index (χ0v) is 17.0. The third-order valence-electron chi connectivity index (χ3n) is 6.28. The van der Waals surface area contributed by atoms with E-state index in [-0.39, 0.29) is 5.60 Å². The maximum atomic E-state index is 6.29. The molecule has 25 heavy (non-hydrogen) atoms. The quantitative estimate of drug-likeness (QED) is 0.804. The molecule has 1 aliphatic heterocycles. The van der Waals surface area contributed by atoms with Crippen molar-refractivity contribution in [2.45, 2.75) is 90.7 Å². The summed E-state index contributed by atoms with van der Waals surface area (Å²) < 4.78 is 6.29. The second-order valence-electron chi connectivity index (χ2n) is 9.39. The largest absolute Gasteiger partial charge is 0.374 e. The molecule has 2 fully saturated rings. The smallest absolute Gasteiger partial charge is 0.0700 e. The molecule has 4 nitrogen and oxygen atoms in total. The number of aryl methyl sites for hydroxylation is 1. The first-order chi connectivity index (χ1) is 11.8. The minimum Gasteiger partial charge on any atom is -0.374 e. The van der Waals surface area contributed by atoms with E-state index in [4.69, 9.17) is 9.84 Å². The van der Waals surface area contributed by atoms with Gasteiger partial charge >= 0.3 is 0 Å². The van der Waals surface area contributed by atoms with Gasteiger partial charge in [-0.25, -0.2) is 0 Å². The van der Waals surface area contributed by atoms with Crippen LogP contribution in [0, 0.1) is 12.3 Å². The number of hydrogen-bond donors (Lipinski definition) is 1. The molecule has 1 saturated heterocycles. The van der Waals surface area contributed by atoms with Crippen LogP contribution in [0.1, 0.15) is 88.6 Å². The lowest BCUT2D eigenvalue weighted by Crippen LogP contribution is -2.33. The van der Waals surface area contributed by atoms with E-state index in [0.717, 1.165) is 19.7 Å². The normalized spacial score (nSPS) is 29.0. The monoisotopic (exact) mass is 347 g/mol. The summed E-state index contributed by atoms with van der Waals surface area (Å²) >= 11 is 0. The van der Waals surface area contributed by atoms with Crippen molar-refractivity contribution in [1.29, 1.82) is 0 Å². The standard InChI is InChI=1S/C21H37N3O/c1-6-7-12-24(5)13-18-16(2)22-23-19(18)17-8-10-21(11-9-17)14-20(3,4)15-25-21/h17H,6-15H2,1-5H3,(H,22,23). The minimum absolute atomic E-state index is 0.156. The van der Waals surface area contributed by atoms with Crippen LogP contribution in [-0.2, 0) is 11.3 Å². The van der Waals surface area contributed by atoms with Crippen LogP contribution in [0.3, 0.4) is 0 Å². The summed E-state index contributed by atoms with van der Waals surface area (Å²) in [5.41, 5.74) is 4.52. The average Bonchev–Trinajstić information content (AvgIpc) is 3.07. The molecule has 0 aromatic carbocycles. The lowest BCUT2D eigenvalue weighted by Gasteiger charge is -2.37. The van der Waals surface area contributed by atoms with E-state index in [1.165, 1.54) is 61.9 Å². The number of aromatic nitrogens is 2. The molecule has 1 N–H and O–H groups in total. The maximum Gasteiger partial charge on any atom is 0.0700 e. The van der Waals surface area contributed by atoms with E-state index in [2.05, 4.69) is 44.7 Å². The molecule has 2 aliphatic rings. The number of ether oxygens (including phenoxy) is 1. The molecule has 0 bridgehead atoms. The van der Waals surface area contributed by atoms with Gasteiger partial charge in [-0.15, -0.1) is 0 Å². The van der Waals surface area contributed by atoms with E-state index in [0.29, 0.717) is 11.3 Å². The predicted molar refractivity (Wildman–Crippen MR) is 103 cm³/mol. The molecule has 1 aliphatic carbocycles. The minimum atomic E-state index is 0.156. The van der Waals surface area contributed by atoms with E-state index in [1.54, 1.807) is 0 Å². The molecule has 1 aromatic rings. The molecule has 0 unspecified atom stereocenters. The van der Waals surface area contributed by atoms with Gasteiger partial charge in [-0.05, 0) is 64.5 Å². The van der Waals surface area contributed by atoms with Crippen molar-refractivity contribution < 1.29 is 4.74 Å². The molecule has 0 amide bonds. The lowest BCUT2D eigenvalue weighted by atomic mass is 9.72. The van der Waals surface area contributed by atoms with Gasteiger partial charge in [0, 0.05) is 23.7 Å². The van der Waals surface area contributed by atoms with Crippen molar-refractivity contribution in [2.75, 3.05) is 20.2 Å². The van der Waals surface area contributed by atoms with Gasteiger partial charge in [-0.3, -0.25) is 5.10 Å². The summed E-state index contributed by atoms with van der Waals surface area (Å²) in [6.07, 6.45) is 8.55. The topological polar surface area (TPSA) is 41.1 Å². The second kappa shape index (κ2) is 7.40. The van der Waals surface area contributed by atoms with Crippen LogP contribution >= 0.6 is 0 Å². The molecule has 4 heteroatoms. The van der Waals surface area contributed by atoms with Crippen molar-refractivity contribution in [2.24, 2.45) is 5.41 Å². The zero-order valence-electron chi connectivity index (χ0n) is 17.0. The molecule has 142 valence electrons. The number of H-pyrrole nitrogens is 1. The molecule has 1 aromatic heterocycles. The fourth-order valence-electron chi connectivity index (χ4n) is 4.85. The van der Waals surface area contributed by atoms with E-state index in [9.17, 15) is 0 Å². The summed E-state index contributed by atoms with van der Waals surface area (Å²) in [7, 11) is 2.23. The number of rotatable bonds is 6. The summed E-state index contributed by atoms with van der Waals surface area (Å²) in [5.74, 6) is 0.595. The summed E-state index contributed by atoms with van der Waals surface area (Å²) in [5, 5.41) is 7.99. The Balaban J connectivity index is 1.64. The highest BCUT2D eigenvalue weighted by Gasteiger charge is 2.46. The van der Waals surface area contributed by atoms with E-state index < -0.39 is 0 Å². The average molecular weight is 348 g/mol. The lowest BCUT2D eigenvalue weighted by molar-refractivity contribution is -0.0296. The zero-order chi connectivity index (χ0) is 18.1. The van der Waals surface area contributed by atoms with E-state index >= 15 is 0 Å². The Labute approximate surface area is 153 Å². The van der Waals surface area contributed by atoms with Crippen LogP contribution in [0.2, 0.25) is 0 Å². The van der Waals surface area contributed by atoms with Crippen molar-refractivity contribution >= 4 is 0 Å². The van der Waals surface area contributed by atoms with Gasteiger partial charge in [0.05, 0.1) is 17.9 Å². The Morgan fingerprint density at radius 2 is 2.00 bits per heavy atom. The molecule has 0 radical (unpaired) electrons. The van der Waals surface area contributed by atoms with Gasteiger partial charge in [0.2, 0.25) is 0 Å². The molecule has 1 spiro atoms. The van der Waals surface area contributed by atoms with Crippen molar-refractivity contribution in [3.05, 3.63) is 17.0 Å². The van der Waals surface area contributed by atoms with Crippen molar-refractivity contribution in [1.82, 2.24) is 15.1 Å². The van der Waals surface area contributed by atoms with Crippen molar-refractivity contribution in [3.8, 4) is 0 Å². The van der Waals surface area contributed by atoms with Crippen LogP contribution < -0.4 is 0 Å². The van der Waals surface area contributed by atoms with Gasteiger partial charge in [-0.1, -0.05) is 27.2 Å². The Kier molecular flexibility index (Phi) is 5.60. The summed E-state index contributed by atoms with van der Waals surface area (Å²) in [6.45, 7) is 12.2. The number of nitrogens with one attached hydrogen (secondary N) is 1. The van der Waals surface area contributed by atoms with Crippen LogP contribution in [0.4, 0.5) is 0 Å². The molecule has 0 atom stereocenters. The summed E-state index contributed by atoms with van der Waals surface area (Å²) in [6, 6.07) is 0. The van der Waals surface area contributed by atoms with Crippen LogP contribution in [0.25, 0.3) is 0 Å². The van der Waals surface area contributed by atoms with Crippen LogP contribution in [0.15, 0.2) is 0 Å². The Morgan fingerprint density at radius 1 is 1.28 bits per heavy atom. The van der Waals surface area contributed by atoms with Crippen LogP contribution in [-0.4, -0.2) is 40.9 Å². The summed E-state index contributed by atoms with van der Waals surface area (Å²) in [4.78, 5) is 2.44. The molecular weight excluding hydrogens is 310 g/mol. The Morgan fingerprint density at radius 3 is 2.60 bits per heavy atom. The first-order valence-corrected chi connectivity index (χ1v) is 10.2. The molecule has 1 saturated carbocycles. The molecule has 3 rings (SSSR count). The van der Waals surface area contributed by atoms with E-state index in [1.807, 2.05) is 0 Å². The molecular formula is C21H37N3O. The van der Waals surface area contributed by atoms with Gasteiger partial charge in [0.15, 0.2) is 0 Å². The van der Waals surface area contributed by atoms with Gasteiger partial charge in [0.1, 0.15) is 0 Å². The number of nitrogens with zero attached hydrogens (tertiary/aromatic N) is 2. The highest BCUT2D eigenvalue weighted by atomic mass is 16.5. The fraction of sp³-hybridized carbons (Fsp3) is 0.857.